The molecule has 0 saturated carbocycles. The molecular weight excluding hydrogens is 404 g/mol. The first-order chi connectivity index (χ1) is 14.3. The number of rotatable bonds is 2. The number of carbonyl (C=O) groups is 2. The van der Waals surface area contributed by atoms with Crippen molar-refractivity contribution >= 4 is 51.4 Å². The summed E-state index contributed by atoms with van der Waals surface area (Å²) in [5, 5.41) is 7.09. The molecule has 3 N–H and O–H groups in total. The Balaban J connectivity index is 1.50. The number of halogens is 1. The third-order valence-electron chi connectivity index (χ3n) is 5.20. The number of H-pyrrole nitrogens is 1. The number of aromatic amines is 1. The van der Waals surface area contributed by atoms with Gasteiger partial charge < -0.3 is 14.9 Å². The van der Waals surface area contributed by atoms with Crippen LogP contribution in [0.1, 0.15) is 34.8 Å². The van der Waals surface area contributed by atoms with Gasteiger partial charge in [0.2, 0.25) is 5.95 Å². The molecule has 0 spiro atoms. The van der Waals surface area contributed by atoms with E-state index in [0.717, 1.165) is 10.9 Å². The molecule has 1 aliphatic heterocycles. The van der Waals surface area contributed by atoms with Crippen LogP contribution >= 0.6 is 11.6 Å². The lowest BCUT2D eigenvalue weighted by Crippen LogP contribution is -2.31. The highest BCUT2D eigenvalue weighted by atomic mass is 35.5. The molecule has 8 nitrogen and oxygen atoms in total. The fourth-order valence-electron chi connectivity index (χ4n) is 3.71. The molecule has 5 rings (SSSR count). The predicted octanol–water partition coefficient (Wildman–Crippen LogP) is 3.59. The molecule has 9 heteroatoms. The van der Waals surface area contributed by atoms with Gasteiger partial charge in [-0.2, -0.15) is 0 Å². The van der Waals surface area contributed by atoms with Gasteiger partial charge in [-0.1, -0.05) is 25.4 Å². The van der Waals surface area contributed by atoms with Crippen LogP contribution in [0.5, 0.6) is 0 Å². The van der Waals surface area contributed by atoms with Gasteiger partial charge >= 0.3 is 0 Å². The van der Waals surface area contributed by atoms with Crippen LogP contribution in [0.15, 0.2) is 36.4 Å². The zero-order valence-electron chi connectivity index (χ0n) is 16.4. The molecule has 0 saturated heterocycles. The van der Waals surface area contributed by atoms with Crippen molar-refractivity contribution in [2.75, 3.05) is 11.9 Å². The number of hydrogen-bond donors (Lipinski definition) is 3. The van der Waals surface area contributed by atoms with E-state index in [0.29, 0.717) is 40.9 Å². The number of nitrogens with zero attached hydrogens (tertiary/aromatic N) is 3. The van der Waals surface area contributed by atoms with E-state index < -0.39 is 5.91 Å². The summed E-state index contributed by atoms with van der Waals surface area (Å²) in [6.45, 7) is 5.36. The molecule has 0 atom stereocenters. The summed E-state index contributed by atoms with van der Waals surface area (Å²) in [5.41, 5.74) is 2.69. The van der Waals surface area contributed by atoms with Crippen molar-refractivity contribution in [3.63, 3.8) is 0 Å². The first kappa shape index (κ1) is 18.6. The van der Waals surface area contributed by atoms with Crippen molar-refractivity contribution in [2.45, 2.75) is 20.4 Å². The number of carbonyl (C=O) groups excluding carboxylic acids is 2. The second-order valence-electron chi connectivity index (χ2n) is 8.27. The second kappa shape index (κ2) is 6.56. The van der Waals surface area contributed by atoms with E-state index in [1.165, 1.54) is 0 Å². The van der Waals surface area contributed by atoms with E-state index in [-0.39, 0.29) is 17.0 Å². The standard InChI is InChI=1S/C21H19ClN6O2/c1-21(2)9-23-19(30)16-7-11-3-5-14(24-17(11)28(16)10-21)18(29)27-20-25-13-6-4-12(22)8-15(13)26-20/h3-8H,9-10H2,1-2H3,(H,23,30)(H2,25,26,27,29). The number of hydrogen-bond acceptors (Lipinski definition) is 4. The molecular formula is C21H19ClN6O2. The average Bonchev–Trinajstić information content (AvgIpc) is 3.22. The van der Waals surface area contributed by atoms with Crippen LogP contribution < -0.4 is 10.6 Å². The number of aromatic nitrogens is 4. The zero-order chi connectivity index (χ0) is 21.0. The van der Waals surface area contributed by atoms with E-state index >= 15 is 0 Å². The number of benzene rings is 1. The van der Waals surface area contributed by atoms with Gasteiger partial charge in [-0.3, -0.25) is 14.9 Å². The van der Waals surface area contributed by atoms with Crippen molar-refractivity contribution in [1.82, 2.24) is 24.8 Å². The molecule has 4 aromatic rings. The Morgan fingerprint density at radius 1 is 1.20 bits per heavy atom. The van der Waals surface area contributed by atoms with Crippen LogP contribution in [0, 0.1) is 5.41 Å². The van der Waals surface area contributed by atoms with Gasteiger partial charge in [-0.15, -0.1) is 0 Å². The molecule has 0 unspecified atom stereocenters. The van der Waals surface area contributed by atoms with Crippen molar-refractivity contribution in [2.24, 2.45) is 5.41 Å². The summed E-state index contributed by atoms with van der Waals surface area (Å²) in [6.07, 6.45) is 0. The maximum atomic E-state index is 12.8. The van der Waals surface area contributed by atoms with Gasteiger partial charge in [0.25, 0.3) is 11.8 Å². The molecule has 0 fully saturated rings. The topological polar surface area (TPSA) is 105 Å². The third kappa shape index (κ3) is 3.19. The summed E-state index contributed by atoms with van der Waals surface area (Å²) < 4.78 is 1.89. The molecule has 2 amide bonds. The van der Waals surface area contributed by atoms with Crippen LogP contribution in [0.4, 0.5) is 5.95 Å². The number of amides is 2. The minimum Gasteiger partial charge on any atom is -0.350 e. The lowest BCUT2D eigenvalue weighted by molar-refractivity contribution is 0.0942. The highest BCUT2D eigenvalue weighted by molar-refractivity contribution is 6.31. The summed E-state index contributed by atoms with van der Waals surface area (Å²) in [7, 11) is 0. The molecule has 1 aromatic carbocycles. The van der Waals surface area contributed by atoms with E-state index in [4.69, 9.17) is 11.6 Å². The Kier molecular flexibility index (Phi) is 4.08. The highest BCUT2D eigenvalue weighted by Gasteiger charge is 2.29. The van der Waals surface area contributed by atoms with Crippen LogP contribution in [-0.4, -0.2) is 37.9 Å². The predicted molar refractivity (Wildman–Crippen MR) is 115 cm³/mol. The van der Waals surface area contributed by atoms with Crippen LogP contribution in [0.25, 0.3) is 22.1 Å². The second-order valence-corrected chi connectivity index (χ2v) is 8.71. The van der Waals surface area contributed by atoms with Gasteiger partial charge in [0.1, 0.15) is 17.0 Å². The molecule has 0 bridgehead atoms. The fraction of sp³-hybridized carbons (Fsp3) is 0.238. The molecule has 30 heavy (non-hydrogen) atoms. The normalized spacial score (nSPS) is 15.6. The van der Waals surface area contributed by atoms with Crippen molar-refractivity contribution in [3.05, 3.63) is 52.8 Å². The van der Waals surface area contributed by atoms with E-state index in [9.17, 15) is 9.59 Å². The van der Waals surface area contributed by atoms with Crippen molar-refractivity contribution in [3.8, 4) is 0 Å². The van der Waals surface area contributed by atoms with Gasteiger partial charge in [-0.25, -0.2) is 9.97 Å². The number of fused-ring (bicyclic) bond motifs is 4. The Bertz CT molecular complexity index is 1340. The van der Waals surface area contributed by atoms with Crippen molar-refractivity contribution in [1.29, 1.82) is 0 Å². The third-order valence-corrected chi connectivity index (χ3v) is 5.43. The first-order valence-electron chi connectivity index (χ1n) is 9.54. The average molecular weight is 423 g/mol. The first-order valence-corrected chi connectivity index (χ1v) is 9.92. The maximum absolute atomic E-state index is 12.8. The van der Waals surface area contributed by atoms with Crippen LogP contribution in [-0.2, 0) is 6.54 Å². The minimum absolute atomic E-state index is 0.134. The molecule has 1 aliphatic rings. The number of pyridine rings is 1. The van der Waals surface area contributed by atoms with Gasteiger partial charge in [0.05, 0.1) is 11.0 Å². The van der Waals surface area contributed by atoms with Crippen molar-refractivity contribution < 1.29 is 9.59 Å². The van der Waals surface area contributed by atoms with Crippen LogP contribution in [0.3, 0.4) is 0 Å². The Morgan fingerprint density at radius 3 is 2.87 bits per heavy atom. The van der Waals surface area contributed by atoms with Gasteiger partial charge in [-0.05, 0) is 36.4 Å². The van der Waals surface area contributed by atoms with Gasteiger partial charge in [0, 0.05) is 28.9 Å². The Hall–Kier alpha value is -3.39. The Morgan fingerprint density at radius 2 is 2.03 bits per heavy atom. The molecule has 0 radical (unpaired) electrons. The fourth-order valence-corrected chi connectivity index (χ4v) is 3.88. The smallest absolute Gasteiger partial charge is 0.276 e. The largest absolute Gasteiger partial charge is 0.350 e. The van der Waals surface area contributed by atoms with E-state index in [1.54, 1.807) is 30.3 Å². The van der Waals surface area contributed by atoms with E-state index in [2.05, 4.69) is 39.4 Å². The number of anilines is 1. The molecule has 3 aromatic heterocycles. The quantitative estimate of drug-likeness (QED) is 0.459. The van der Waals surface area contributed by atoms with Crippen LogP contribution in [0.2, 0.25) is 5.02 Å². The van der Waals surface area contributed by atoms with E-state index in [1.807, 2.05) is 10.6 Å². The summed E-state index contributed by atoms with van der Waals surface area (Å²) >= 11 is 6.00. The lowest BCUT2D eigenvalue weighted by atomic mass is 9.94. The number of imidazole rings is 1. The zero-order valence-corrected chi connectivity index (χ0v) is 17.2. The maximum Gasteiger partial charge on any atom is 0.276 e. The highest BCUT2D eigenvalue weighted by Crippen LogP contribution is 2.27. The SMILES string of the molecule is CC1(C)CNC(=O)c2cc3ccc(C(=O)Nc4nc5ccc(Cl)cc5[nH]4)nc3n2C1. The molecule has 4 heterocycles. The minimum atomic E-state index is -0.394. The summed E-state index contributed by atoms with van der Waals surface area (Å²) in [5.74, 6) is -0.214. The van der Waals surface area contributed by atoms with Gasteiger partial charge in [0.15, 0.2) is 0 Å². The number of nitrogens with one attached hydrogen (secondary N) is 3. The lowest BCUT2D eigenvalue weighted by Gasteiger charge is -2.22. The molecule has 0 aliphatic carbocycles. The monoisotopic (exact) mass is 422 g/mol. The Labute approximate surface area is 176 Å². The molecule has 152 valence electrons. The summed E-state index contributed by atoms with van der Waals surface area (Å²) in [6, 6.07) is 10.5. The summed E-state index contributed by atoms with van der Waals surface area (Å²) in [4.78, 5) is 37.2.